The van der Waals surface area contributed by atoms with E-state index in [1.807, 2.05) is 0 Å². The Bertz CT molecular complexity index is 1930. The van der Waals surface area contributed by atoms with Gasteiger partial charge in [0.15, 0.2) is 0 Å². The molecule has 0 spiro atoms. The molecule has 1 nitrogen and oxygen atoms in total. The third kappa shape index (κ3) is 9.42. The van der Waals surface area contributed by atoms with E-state index in [4.69, 9.17) is 0 Å². The number of fused-ring (bicyclic) bond motifs is 3. The van der Waals surface area contributed by atoms with Crippen molar-refractivity contribution in [2.24, 2.45) is 5.92 Å². The Hall–Kier alpha value is -2.55. The van der Waals surface area contributed by atoms with Gasteiger partial charge in [0, 0.05) is 11.7 Å². The molecule has 0 bridgehead atoms. The van der Waals surface area contributed by atoms with Gasteiger partial charge < -0.3 is 19.8 Å². The van der Waals surface area contributed by atoms with E-state index in [2.05, 4.69) is 176 Å². The second-order valence-corrected chi connectivity index (χ2v) is 13.6. The molecule has 258 valence electrons. The zero-order chi connectivity index (χ0) is 32.5. The summed E-state index contributed by atoms with van der Waals surface area (Å²) in [7, 11) is 0. The van der Waals surface area contributed by atoms with Gasteiger partial charge in [0.1, 0.15) is 0 Å². The number of hydrogen-bond acceptors (Lipinski definition) is 1. The van der Waals surface area contributed by atoms with E-state index >= 15 is 0 Å². The molecule has 0 saturated heterocycles. The minimum absolute atomic E-state index is 0. The summed E-state index contributed by atoms with van der Waals surface area (Å²) < 4.78 is 0. The number of nitrogens with zero attached hydrogens (tertiary/aromatic N) is 1. The number of anilines is 1. The van der Waals surface area contributed by atoms with Crippen LogP contribution >= 0.6 is 24.8 Å². The zero-order valence-electron chi connectivity index (χ0n) is 30.7. The van der Waals surface area contributed by atoms with Crippen LogP contribution in [0, 0.1) is 40.7 Å². The van der Waals surface area contributed by atoms with Gasteiger partial charge in [-0.25, -0.2) is 0 Å². The Morgan fingerprint density at radius 3 is 2.06 bits per heavy atom. The third-order valence-electron chi connectivity index (χ3n) is 8.88. The molecule has 1 heterocycles. The normalized spacial score (nSPS) is 14.3. The van der Waals surface area contributed by atoms with Gasteiger partial charge in [-0.15, -0.1) is 88.2 Å². The van der Waals surface area contributed by atoms with Crippen molar-refractivity contribution in [2.45, 2.75) is 66.8 Å². The van der Waals surface area contributed by atoms with E-state index in [9.17, 15) is 0 Å². The maximum atomic E-state index is 3.56. The summed E-state index contributed by atoms with van der Waals surface area (Å²) in [6.45, 7) is 20.9. The van der Waals surface area contributed by atoms with Crippen LogP contribution in [0.2, 0.25) is 0 Å². The molecule has 5 aromatic carbocycles. The van der Waals surface area contributed by atoms with Gasteiger partial charge in [-0.1, -0.05) is 120 Å². The van der Waals surface area contributed by atoms with Crippen LogP contribution in [0.4, 0.5) is 5.69 Å². The summed E-state index contributed by atoms with van der Waals surface area (Å²) in [5, 5.41) is 5.36. The predicted molar refractivity (Wildman–Crippen MR) is 220 cm³/mol. The van der Waals surface area contributed by atoms with Crippen LogP contribution in [0.15, 0.2) is 120 Å². The third-order valence-corrected chi connectivity index (χ3v) is 8.88. The van der Waals surface area contributed by atoms with Crippen molar-refractivity contribution >= 4 is 58.9 Å². The molecule has 2 aliphatic rings. The molecule has 0 amide bonds. The fourth-order valence-electron chi connectivity index (χ4n) is 6.43. The molecule has 2 radical (unpaired) electrons. The number of hydrogen-bond donors (Lipinski definition) is 0. The average molecular weight is 784 g/mol. The van der Waals surface area contributed by atoms with Crippen LogP contribution in [-0.4, -0.2) is 12.9 Å². The Morgan fingerprint density at radius 2 is 1.43 bits per heavy atom. The standard InChI is InChI=1S/C21H26N.C21H17.2CH3.2ClH.Si.Zr/c1-14(2)16-12-17-11-15(3)22(20(17)13-16)19-9-7-18(8-10-19)21(4,5)6;1-14-12-20-15(2)10-11-19(21(20)13-14)18-9-5-7-16-6-3-4-8-17(16)18;;;;;;/h7-11,13-15H,1-6H3;3-13H,1-2H3;2*1H3;2*1H;;/q4*-1;;;;. The summed E-state index contributed by atoms with van der Waals surface area (Å²) in [5.74, 6) is 0.527. The topological polar surface area (TPSA) is 3.24 Å². The van der Waals surface area contributed by atoms with Crippen molar-refractivity contribution in [2.75, 3.05) is 4.90 Å². The first kappa shape index (κ1) is 44.5. The van der Waals surface area contributed by atoms with Crippen molar-refractivity contribution in [3.05, 3.63) is 158 Å². The maximum absolute atomic E-state index is 3.56. The number of halogens is 2. The van der Waals surface area contributed by atoms with E-state index in [0.29, 0.717) is 12.0 Å². The van der Waals surface area contributed by atoms with E-state index in [1.54, 1.807) is 0 Å². The van der Waals surface area contributed by atoms with E-state index in [0.717, 1.165) is 0 Å². The molecular formula is C44H51Cl2NSiZr-4. The van der Waals surface area contributed by atoms with Crippen molar-refractivity contribution in [3.8, 4) is 11.1 Å². The van der Waals surface area contributed by atoms with Gasteiger partial charge in [0.05, 0.1) is 0 Å². The SMILES string of the molecule is CC(C)C1=[C-]C2=CC(C)N(c3ccc(C(C)(C)C)cc3)C2=C1.Cc1cc2c(-c3cccc4ccccc34)ccc(C)c2[cH-]1.Cl.Cl.[CH3-].[CH3-].[Si]=[Zr]. The summed E-state index contributed by atoms with van der Waals surface area (Å²) in [4.78, 5) is 2.42. The van der Waals surface area contributed by atoms with E-state index in [1.165, 1.54) is 95.2 Å². The predicted octanol–water partition coefficient (Wildman–Crippen LogP) is 12.8. The molecule has 5 heteroatoms. The fourth-order valence-corrected chi connectivity index (χ4v) is 6.43. The molecule has 1 unspecified atom stereocenters. The number of allylic oxidation sites excluding steroid dienone is 3. The van der Waals surface area contributed by atoms with Crippen LogP contribution in [0.1, 0.15) is 58.2 Å². The number of aryl methyl sites for hydroxylation is 2. The monoisotopic (exact) mass is 781 g/mol. The fraction of sp³-hybridized carbons (Fsp3) is 0.250. The van der Waals surface area contributed by atoms with Gasteiger partial charge >= 0.3 is 30.2 Å². The van der Waals surface area contributed by atoms with Crippen molar-refractivity contribution in [3.63, 3.8) is 0 Å². The first-order chi connectivity index (χ1) is 21.5. The van der Waals surface area contributed by atoms with Crippen molar-refractivity contribution < 1.29 is 23.3 Å². The van der Waals surface area contributed by atoms with Gasteiger partial charge in [-0.05, 0) is 52.3 Å². The van der Waals surface area contributed by atoms with Crippen LogP contribution in [-0.2, 0) is 28.8 Å². The van der Waals surface area contributed by atoms with Gasteiger partial charge in [-0.3, -0.25) is 0 Å². The molecular weight excluding hydrogens is 733 g/mol. The first-order valence-corrected chi connectivity index (χ1v) is 20.1. The molecule has 0 saturated carbocycles. The quantitative estimate of drug-likeness (QED) is 0.130. The molecule has 0 aromatic heterocycles. The second kappa shape index (κ2) is 18.6. The van der Waals surface area contributed by atoms with Crippen molar-refractivity contribution in [1.82, 2.24) is 0 Å². The molecule has 0 N–H and O–H groups in total. The summed E-state index contributed by atoms with van der Waals surface area (Å²) >= 11 is 1.36. The van der Waals surface area contributed by atoms with Crippen LogP contribution in [0.5, 0.6) is 0 Å². The molecule has 1 atom stereocenters. The number of benzene rings is 4. The summed E-state index contributed by atoms with van der Waals surface area (Å²) in [5.41, 5.74) is 12.1. The van der Waals surface area contributed by atoms with Crippen LogP contribution in [0.3, 0.4) is 0 Å². The van der Waals surface area contributed by atoms with Crippen molar-refractivity contribution in [1.29, 1.82) is 0 Å². The van der Waals surface area contributed by atoms with Gasteiger partial charge in [-0.2, -0.15) is 6.07 Å². The Labute approximate surface area is 326 Å². The molecule has 5 aromatic rings. The molecule has 49 heavy (non-hydrogen) atoms. The second-order valence-electron chi connectivity index (χ2n) is 13.6. The summed E-state index contributed by atoms with van der Waals surface area (Å²) in [6.07, 6.45) is 8.18. The molecule has 7 rings (SSSR count). The zero-order valence-corrected chi connectivity index (χ0v) is 35.8. The van der Waals surface area contributed by atoms with E-state index < -0.39 is 0 Å². The van der Waals surface area contributed by atoms with Gasteiger partial charge in [0.25, 0.3) is 0 Å². The van der Waals surface area contributed by atoms with Crippen LogP contribution < -0.4 is 4.90 Å². The van der Waals surface area contributed by atoms with E-state index in [-0.39, 0.29) is 45.1 Å². The Morgan fingerprint density at radius 1 is 0.816 bits per heavy atom. The number of rotatable bonds is 3. The molecule has 1 aliphatic heterocycles. The summed E-state index contributed by atoms with van der Waals surface area (Å²) in [6, 6.07) is 33.7. The minimum atomic E-state index is 0. The Kier molecular flexibility index (Phi) is 16.9. The first-order valence-electron chi connectivity index (χ1n) is 15.9. The average Bonchev–Trinajstić information content (AvgIpc) is 3.70. The Balaban J connectivity index is 0.000000433. The molecule has 1 aliphatic carbocycles. The van der Waals surface area contributed by atoms with Gasteiger partial charge in [0.2, 0.25) is 0 Å². The molecule has 0 fully saturated rings. The van der Waals surface area contributed by atoms with Crippen LogP contribution in [0.25, 0.3) is 32.7 Å².